The van der Waals surface area contributed by atoms with Crippen LogP contribution in [0.5, 0.6) is 17.2 Å². The monoisotopic (exact) mass is 398 g/mol. The van der Waals surface area contributed by atoms with E-state index in [9.17, 15) is 4.79 Å². The Morgan fingerprint density at radius 2 is 1.76 bits per heavy atom. The molecule has 29 heavy (non-hydrogen) atoms. The molecule has 0 unspecified atom stereocenters. The number of methoxy groups -OCH3 is 1. The lowest BCUT2D eigenvalue weighted by molar-refractivity contribution is -0.122. The van der Waals surface area contributed by atoms with Crippen molar-refractivity contribution in [3.8, 4) is 17.2 Å². The average molecular weight is 399 g/mol. The zero-order valence-corrected chi connectivity index (χ0v) is 17.3. The zero-order chi connectivity index (χ0) is 20.5. The Bertz CT molecular complexity index is 792. The number of nitrogens with one attached hydrogen (secondary N) is 1. The molecule has 2 aromatic carbocycles. The van der Waals surface area contributed by atoms with Crippen molar-refractivity contribution >= 4 is 5.91 Å². The van der Waals surface area contributed by atoms with Crippen molar-refractivity contribution in [2.75, 3.05) is 40.0 Å². The highest BCUT2D eigenvalue weighted by atomic mass is 16.5. The van der Waals surface area contributed by atoms with Gasteiger partial charge in [0, 0.05) is 6.54 Å². The molecule has 0 saturated carbocycles. The quantitative estimate of drug-likeness (QED) is 0.658. The third kappa shape index (κ3) is 6.39. The van der Waals surface area contributed by atoms with Crippen LogP contribution in [0, 0.1) is 0 Å². The Labute approximate surface area is 172 Å². The number of amides is 1. The maximum absolute atomic E-state index is 12.3. The summed E-state index contributed by atoms with van der Waals surface area (Å²) in [6.07, 6.45) is 2.05. The fourth-order valence-electron chi connectivity index (χ4n) is 3.48. The van der Waals surface area contributed by atoms with Gasteiger partial charge in [0.25, 0.3) is 0 Å². The third-order valence-corrected chi connectivity index (χ3v) is 4.92. The summed E-state index contributed by atoms with van der Waals surface area (Å²) in [7, 11) is 1.69. The molecule has 0 atom stereocenters. The van der Waals surface area contributed by atoms with Gasteiger partial charge in [0.15, 0.2) is 0 Å². The molecule has 0 aromatic heterocycles. The Kier molecular flexibility index (Phi) is 7.76. The highest BCUT2D eigenvalue weighted by molar-refractivity contribution is 5.78. The molecule has 0 saturated heterocycles. The van der Waals surface area contributed by atoms with Crippen LogP contribution in [0.2, 0.25) is 0 Å². The standard InChI is InChI=1S/C23H30N2O4/c1-3-28-20-8-10-21(11-9-20)29-14-12-24-23(26)17-25-13-4-5-18-15-22(27-2)7-6-19(18)16-25/h6-11,15H,3-5,12-14,16-17H2,1-2H3,(H,24,26). The molecule has 1 amide bonds. The number of aryl methyl sites for hydroxylation is 1. The Balaban J connectivity index is 1.39. The molecule has 0 aliphatic carbocycles. The number of hydrogen-bond acceptors (Lipinski definition) is 5. The van der Waals surface area contributed by atoms with Gasteiger partial charge in [-0.3, -0.25) is 9.69 Å². The van der Waals surface area contributed by atoms with Crippen molar-refractivity contribution in [3.05, 3.63) is 53.6 Å². The predicted molar refractivity (Wildman–Crippen MR) is 113 cm³/mol. The minimum Gasteiger partial charge on any atom is -0.497 e. The van der Waals surface area contributed by atoms with Gasteiger partial charge in [-0.05, 0) is 73.8 Å². The summed E-state index contributed by atoms with van der Waals surface area (Å²) < 4.78 is 16.4. The second kappa shape index (κ2) is 10.7. The SMILES string of the molecule is CCOc1ccc(OCCNC(=O)CN2CCCc3cc(OC)ccc3C2)cc1. The number of carbonyl (C=O) groups excluding carboxylic acids is 1. The Morgan fingerprint density at radius 3 is 2.48 bits per heavy atom. The number of hydrogen-bond donors (Lipinski definition) is 1. The number of nitrogens with zero attached hydrogens (tertiary/aromatic N) is 1. The van der Waals surface area contributed by atoms with Crippen molar-refractivity contribution < 1.29 is 19.0 Å². The molecule has 156 valence electrons. The summed E-state index contributed by atoms with van der Waals surface area (Å²) >= 11 is 0. The number of benzene rings is 2. The molecule has 1 aliphatic rings. The molecule has 6 nitrogen and oxygen atoms in total. The predicted octanol–water partition coefficient (Wildman–Crippen LogP) is 3.04. The van der Waals surface area contributed by atoms with Gasteiger partial charge >= 0.3 is 0 Å². The van der Waals surface area contributed by atoms with Gasteiger partial charge in [0.2, 0.25) is 5.91 Å². The number of ether oxygens (including phenoxy) is 3. The van der Waals surface area contributed by atoms with Crippen LogP contribution in [0.25, 0.3) is 0 Å². The molecule has 0 fully saturated rings. The summed E-state index contributed by atoms with van der Waals surface area (Å²) in [6, 6.07) is 13.7. The van der Waals surface area contributed by atoms with Crippen LogP contribution in [0.1, 0.15) is 24.5 Å². The first-order chi connectivity index (χ1) is 14.2. The van der Waals surface area contributed by atoms with E-state index in [0.29, 0.717) is 26.3 Å². The van der Waals surface area contributed by atoms with Crippen LogP contribution in [0.4, 0.5) is 0 Å². The van der Waals surface area contributed by atoms with E-state index in [-0.39, 0.29) is 5.91 Å². The van der Waals surface area contributed by atoms with Crippen LogP contribution in [0.15, 0.2) is 42.5 Å². The number of rotatable bonds is 9. The lowest BCUT2D eigenvalue weighted by atomic mass is 10.0. The number of fused-ring (bicyclic) bond motifs is 1. The first-order valence-electron chi connectivity index (χ1n) is 10.2. The van der Waals surface area contributed by atoms with Crippen LogP contribution in [0.3, 0.4) is 0 Å². The lowest BCUT2D eigenvalue weighted by Crippen LogP contribution is -2.38. The lowest BCUT2D eigenvalue weighted by Gasteiger charge is -2.20. The van der Waals surface area contributed by atoms with E-state index < -0.39 is 0 Å². The Morgan fingerprint density at radius 1 is 1.03 bits per heavy atom. The van der Waals surface area contributed by atoms with E-state index in [1.165, 1.54) is 11.1 Å². The van der Waals surface area contributed by atoms with Crippen molar-refractivity contribution in [2.24, 2.45) is 0 Å². The molecule has 1 heterocycles. The first-order valence-corrected chi connectivity index (χ1v) is 10.2. The van der Waals surface area contributed by atoms with E-state index in [1.807, 2.05) is 37.3 Å². The summed E-state index contributed by atoms with van der Waals surface area (Å²) in [5, 5.41) is 2.94. The van der Waals surface area contributed by atoms with Gasteiger partial charge in [-0.25, -0.2) is 0 Å². The van der Waals surface area contributed by atoms with Crippen molar-refractivity contribution in [3.63, 3.8) is 0 Å². The second-order valence-corrected chi connectivity index (χ2v) is 7.05. The molecular formula is C23H30N2O4. The van der Waals surface area contributed by atoms with Gasteiger partial charge in [0.1, 0.15) is 23.9 Å². The topological polar surface area (TPSA) is 60.0 Å². The van der Waals surface area contributed by atoms with Crippen molar-refractivity contribution in [1.82, 2.24) is 10.2 Å². The summed E-state index contributed by atoms with van der Waals surface area (Å²) in [5.41, 5.74) is 2.59. The highest BCUT2D eigenvalue weighted by Gasteiger charge is 2.17. The fraction of sp³-hybridized carbons (Fsp3) is 0.435. The Hall–Kier alpha value is -2.73. The van der Waals surface area contributed by atoms with E-state index in [4.69, 9.17) is 14.2 Å². The molecular weight excluding hydrogens is 368 g/mol. The fourth-order valence-corrected chi connectivity index (χ4v) is 3.48. The van der Waals surface area contributed by atoms with Gasteiger partial charge in [-0.15, -0.1) is 0 Å². The molecule has 0 radical (unpaired) electrons. The van der Waals surface area contributed by atoms with Crippen LogP contribution in [-0.2, 0) is 17.8 Å². The average Bonchev–Trinajstić information content (AvgIpc) is 2.93. The van der Waals surface area contributed by atoms with E-state index >= 15 is 0 Å². The summed E-state index contributed by atoms with van der Waals surface area (Å²) in [4.78, 5) is 14.5. The van der Waals surface area contributed by atoms with Crippen LogP contribution >= 0.6 is 0 Å². The minimum absolute atomic E-state index is 0.0252. The minimum atomic E-state index is 0.0252. The van der Waals surface area contributed by atoms with E-state index in [0.717, 1.165) is 43.2 Å². The second-order valence-electron chi connectivity index (χ2n) is 7.05. The smallest absolute Gasteiger partial charge is 0.234 e. The maximum atomic E-state index is 12.3. The molecule has 3 rings (SSSR count). The normalized spacial score (nSPS) is 13.9. The largest absolute Gasteiger partial charge is 0.497 e. The molecule has 1 N–H and O–H groups in total. The van der Waals surface area contributed by atoms with Gasteiger partial charge in [-0.2, -0.15) is 0 Å². The molecule has 1 aliphatic heterocycles. The van der Waals surface area contributed by atoms with Crippen LogP contribution in [-0.4, -0.2) is 50.8 Å². The molecule has 0 bridgehead atoms. The van der Waals surface area contributed by atoms with Crippen molar-refractivity contribution in [2.45, 2.75) is 26.3 Å². The summed E-state index contributed by atoms with van der Waals surface area (Å²) in [6.45, 7) is 5.60. The number of carbonyl (C=O) groups is 1. The molecule has 2 aromatic rings. The molecule has 6 heteroatoms. The first kappa shape index (κ1) is 21.0. The zero-order valence-electron chi connectivity index (χ0n) is 17.3. The third-order valence-electron chi connectivity index (χ3n) is 4.92. The highest BCUT2D eigenvalue weighted by Crippen LogP contribution is 2.23. The molecule has 0 spiro atoms. The van der Waals surface area contributed by atoms with Crippen molar-refractivity contribution in [1.29, 1.82) is 0 Å². The van der Waals surface area contributed by atoms with Gasteiger partial charge < -0.3 is 19.5 Å². The van der Waals surface area contributed by atoms with Gasteiger partial charge in [0.05, 0.1) is 26.8 Å². The van der Waals surface area contributed by atoms with Gasteiger partial charge in [-0.1, -0.05) is 6.07 Å². The van der Waals surface area contributed by atoms with Crippen LogP contribution < -0.4 is 19.5 Å². The maximum Gasteiger partial charge on any atom is 0.234 e. The van der Waals surface area contributed by atoms with E-state index in [2.05, 4.69) is 22.3 Å². The summed E-state index contributed by atoms with van der Waals surface area (Å²) in [5.74, 6) is 2.51. The van der Waals surface area contributed by atoms with E-state index in [1.54, 1.807) is 7.11 Å².